The number of hydrogen-bond acceptors (Lipinski definition) is 5. The minimum Gasteiger partial charge on any atom is -0.490 e. The summed E-state index contributed by atoms with van der Waals surface area (Å²) in [7, 11) is 1.58. The van der Waals surface area contributed by atoms with Crippen molar-refractivity contribution in [2.75, 3.05) is 24.3 Å². The van der Waals surface area contributed by atoms with Gasteiger partial charge in [-0.3, -0.25) is 0 Å². The van der Waals surface area contributed by atoms with Gasteiger partial charge in [0.15, 0.2) is 11.6 Å². The van der Waals surface area contributed by atoms with Crippen molar-refractivity contribution in [2.45, 2.75) is 6.42 Å². The van der Waals surface area contributed by atoms with Crippen LogP contribution in [0.3, 0.4) is 0 Å². The van der Waals surface area contributed by atoms with Crippen molar-refractivity contribution in [1.29, 1.82) is 0 Å². The topological polar surface area (TPSA) is 64.3 Å². The first-order valence-electron chi connectivity index (χ1n) is 5.81. The first-order chi connectivity index (χ1) is 8.81. The van der Waals surface area contributed by atoms with Crippen molar-refractivity contribution < 1.29 is 4.74 Å². The highest BCUT2D eigenvalue weighted by Gasteiger charge is 2.24. The van der Waals surface area contributed by atoms with Crippen LogP contribution in [0.1, 0.15) is 5.56 Å². The van der Waals surface area contributed by atoms with Crippen molar-refractivity contribution in [3.63, 3.8) is 0 Å². The SMILES string of the molecule is COc1c(N)ncnc1N1CCc2ccccc21. The third kappa shape index (κ3) is 1.55. The molecule has 1 aliphatic rings. The quantitative estimate of drug-likeness (QED) is 0.869. The lowest BCUT2D eigenvalue weighted by Gasteiger charge is -2.20. The molecule has 2 aromatic rings. The zero-order chi connectivity index (χ0) is 12.5. The van der Waals surface area contributed by atoms with Crippen LogP contribution in [0.5, 0.6) is 5.75 Å². The van der Waals surface area contributed by atoms with E-state index in [0.29, 0.717) is 11.6 Å². The summed E-state index contributed by atoms with van der Waals surface area (Å²) in [6, 6.07) is 8.29. The zero-order valence-corrected chi connectivity index (χ0v) is 10.1. The molecule has 2 N–H and O–H groups in total. The predicted molar refractivity (Wildman–Crippen MR) is 70.1 cm³/mol. The molecule has 5 heteroatoms. The lowest BCUT2D eigenvalue weighted by Crippen LogP contribution is -2.16. The molecule has 0 bridgehead atoms. The second-order valence-electron chi connectivity index (χ2n) is 4.15. The van der Waals surface area contributed by atoms with Crippen LogP contribution in [-0.4, -0.2) is 23.6 Å². The molecule has 18 heavy (non-hydrogen) atoms. The lowest BCUT2D eigenvalue weighted by atomic mass is 10.2. The molecule has 0 fully saturated rings. The van der Waals surface area contributed by atoms with Crippen molar-refractivity contribution >= 4 is 17.3 Å². The van der Waals surface area contributed by atoms with Crippen LogP contribution in [0.15, 0.2) is 30.6 Å². The maximum Gasteiger partial charge on any atom is 0.204 e. The summed E-state index contributed by atoms with van der Waals surface area (Å²) in [6.07, 6.45) is 2.47. The summed E-state index contributed by atoms with van der Waals surface area (Å²) in [6.45, 7) is 0.881. The number of hydrogen-bond donors (Lipinski definition) is 1. The van der Waals surface area contributed by atoms with Gasteiger partial charge in [0, 0.05) is 12.2 Å². The molecule has 0 amide bonds. The van der Waals surface area contributed by atoms with Gasteiger partial charge in [0.1, 0.15) is 6.33 Å². The molecule has 3 rings (SSSR count). The van der Waals surface area contributed by atoms with Crippen LogP contribution >= 0.6 is 0 Å². The third-order valence-corrected chi connectivity index (χ3v) is 3.16. The molecule has 0 aliphatic carbocycles. The minimum absolute atomic E-state index is 0.367. The van der Waals surface area contributed by atoms with Crippen LogP contribution in [0.25, 0.3) is 0 Å². The normalized spacial score (nSPS) is 13.5. The van der Waals surface area contributed by atoms with E-state index in [4.69, 9.17) is 10.5 Å². The fraction of sp³-hybridized carbons (Fsp3) is 0.231. The van der Waals surface area contributed by atoms with E-state index in [1.807, 2.05) is 12.1 Å². The van der Waals surface area contributed by atoms with E-state index in [9.17, 15) is 0 Å². The Kier molecular flexibility index (Phi) is 2.51. The zero-order valence-electron chi connectivity index (χ0n) is 10.1. The van der Waals surface area contributed by atoms with Gasteiger partial charge in [0.25, 0.3) is 0 Å². The molecule has 92 valence electrons. The summed E-state index contributed by atoms with van der Waals surface area (Å²) < 4.78 is 5.31. The van der Waals surface area contributed by atoms with Gasteiger partial charge in [-0.25, -0.2) is 9.97 Å². The Morgan fingerprint density at radius 3 is 2.94 bits per heavy atom. The maximum atomic E-state index is 5.82. The highest BCUT2D eigenvalue weighted by molar-refractivity contribution is 5.74. The van der Waals surface area contributed by atoms with E-state index in [1.165, 1.54) is 11.9 Å². The van der Waals surface area contributed by atoms with Crippen molar-refractivity contribution in [3.8, 4) is 5.75 Å². The Hall–Kier alpha value is -2.30. The Balaban J connectivity index is 2.10. The summed E-state index contributed by atoms with van der Waals surface area (Å²) in [4.78, 5) is 10.4. The molecular weight excluding hydrogens is 228 g/mol. The van der Waals surface area contributed by atoms with Crippen LogP contribution in [-0.2, 0) is 6.42 Å². The van der Waals surface area contributed by atoms with Gasteiger partial charge in [-0.05, 0) is 18.1 Å². The van der Waals surface area contributed by atoms with Crippen LogP contribution in [0, 0.1) is 0 Å². The molecule has 1 aromatic carbocycles. The fourth-order valence-corrected chi connectivity index (χ4v) is 2.32. The molecule has 1 aliphatic heterocycles. The number of rotatable bonds is 2. The number of ether oxygens (including phenoxy) is 1. The van der Waals surface area contributed by atoms with Gasteiger partial charge in [0.2, 0.25) is 5.75 Å². The van der Waals surface area contributed by atoms with Gasteiger partial charge in [-0.2, -0.15) is 0 Å². The number of fused-ring (bicyclic) bond motifs is 1. The molecule has 1 aromatic heterocycles. The summed E-state index contributed by atoms with van der Waals surface area (Å²) in [5.74, 6) is 1.64. The second kappa shape index (κ2) is 4.18. The first-order valence-corrected chi connectivity index (χ1v) is 5.81. The van der Waals surface area contributed by atoms with Crippen LogP contribution in [0.4, 0.5) is 17.3 Å². The van der Waals surface area contributed by atoms with Gasteiger partial charge in [-0.15, -0.1) is 0 Å². The second-order valence-corrected chi connectivity index (χ2v) is 4.15. The molecule has 0 atom stereocenters. The molecule has 2 heterocycles. The van der Waals surface area contributed by atoms with Crippen LogP contribution < -0.4 is 15.4 Å². The summed E-state index contributed by atoms with van der Waals surface area (Å²) in [5.41, 5.74) is 8.29. The number of nitrogen functional groups attached to an aromatic ring is 1. The number of methoxy groups -OCH3 is 1. The molecule has 5 nitrogen and oxygen atoms in total. The summed E-state index contributed by atoms with van der Waals surface area (Å²) in [5, 5.41) is 0. The Bertz CT molecular complexity index is 585. The molecule has 0 saturated carbocycles. The smallest absolute Gasteiger partial charge is 0.204 e. The number of para-hydroxylation sites is 1. The van der Waals surface area contributed by atoms with Crippen molar-refractivity contribution in [1.82, 2.24) is 9.97 Å². The van der Waals surface area contributed by atoms with E-state index in [-0.39, 0.29) is 0 Å². The maximum absolute atomic E-state index is 5.82. The standard InChI is InChI=1S/C13H14N4O/c1-18-11-12(14)15-8-16-13(11)17-7-6-9-4-2-3-5-10(9)17/h2-5,8H,6-7H2,1H3,(H2,14,15,16). The molecule has 0 saturated heterocycles. The van der Waals surface area contributed by atoms with E-state index < -0.39 is 0 Å². The molecular formula is C13H14N4O. The summed E-state index contributed by atoms with van der Waals surface area (Å²) >= 11 is 0. The predicted octanol–water partition coefficient (Wildman–Crippen LogP) is 1.76. The fourth-order valence-electron chi connectivity index (χ4n) is 2.32. The largest absolute Gasteiger partial charge is 0.490 e. The number of nitrogens with two attached hydrogens (primary N) is 1. The number of nitrogens with zero attached hydrogens (tertiary/aromatic N) is 3. The third-order valence-electron chi connectivity index (χ3n) is 3.16. The van der Waals surface area contributed by atoms with E-state index in [0.717, 1.165) is 24.5 Å². The van der Waals surface area contributed by atoms with E-state index in [2.05, 4.69) is 27.0 Å². The van der Waals surface area contributed by atoms with Gasteiger partial charge < -0.3 is 15.4 Å². The van der Waals surface area contributed by atoms with E-state index >= 15 is 0 Å². The highest BCUT2D eigenvalue weighted by atomic mass is 16.5. The minimum atomic E-state index is 0.367. The number of benzene rings is 1. The monoisotopic (exact) mass is 242 g/mol. The van der Waals surface area contributed by atoms with Crippen LogP contribution in [0.2, 0.25) is 0 Å². The van der Waals surface area contributed by atoms with E-state index in [1.54, 1.807) is 7.11 Å². The Labute approximate surface area is 105 Å². The van der Waals surface area contributed by atoms with Gasteiger partial charge in [0.05, 0.1) is 7.11 Å². The Morgan fingerprint density at radius 2 is 2.11 bits per heavy atom. The van der Waals surface area contributed by atoms with Gasteiger partial charge in [-0.1, -0.05) is 18.2 Å². The molecule has 0 spiro atoms. The Morgan fingerprint density at radius 1 is 1.28 bits per heavy atom. The number of aromatic nitrogens is 2. The average molecular weight is 242 g/mol. The molecule has 0 unspecified atom stereocenters. The average Bonchev–Trinajstić information content (AvgIpc) is 2.82. The molecule has 0 radical (unpaired) electrons. The van der Waals surface area contributed by atoms with Gasteiger partial charge >= 0.3 is 0 Å². The van der Waals surface area contributed by atoms with Crippen molar-refractivity contribution in [3.05, 3.63) is 36.2 Å². The lowest BCUT2D eigenvalue weighted by molar-refractivity contribution is 0.414. The van der Waals surface area contributed by atoms with Crippen molar-refractivity contribution in [2.24, 2.45) is 0 Å². The number of anilines is 3. The first kappa shape index (κ1) is 10.8. The highest BCUT2D eigenvalue weighted by Crippen LogP contribution is 2.39.